The van der Waals surface area contributed by atoms with E-state index >= 15 is 0 Å². The van der Waals surface area contributed by atoms with Crippen LogP contribution in [0.4, 0.5) is 4.39 Å². The van der Waals surface area contributed by atoms with Crippen molar-refractivity contribution in [1.82, 2.24) is 28.8 Å². The van der Waals surface area contributed by atoms with Gasteiger partial charge in [-0.15, -0.1) is 11.8 Å². The van der Waals surface area contributed by atoms with E-state index in [1.807, 2.05) is 38.2 Å². The highest BCUT2D eigenvalue weighted by atomic mass is 35.5. The number of thioether (sulfide) groups is 1. The number of aromatic nitrogens is 4. The number of fused-ring (bicyclic) bond motifs is 8. The van der Waals surface area contributed by atoms with Crippen molar-refractivity contribution in [2.75, 3.05) is 19.9 Å². The fourth-order valence-corrected chi connectivity index (χ4v) is 9.44. The second-order valence-corrected chi connectivity index (χ2v) is 16.7. The minimum Gasteiger partial charge on any atom is -0.493 e. The Hall–Kier alpha value is -4.11. The minimum absolute atomic E-state index is 0.00709. The van der Waals surface area contributed by atoms with Crippen LogP contribution in [-0.4, -0.2) is 74.2 Å². The maximum Gasteiger partial charge on any atom is 0.352 e. The first-order chi connectivity index (χ1) is 24.2. The summed E-state index contributed by atoms with van der Waals surface area (Å²) in [5.74, 6) is -0.566. The highest BCUT2D eigenvalue weighted by molar-refractivity contribution is 7.98. The van der Waals surface area contributed by atoms with Gasteiger partial charge < -0.3 is 14.7 Å². The van der Waals surface area contributed by atoms with Gasteiger partial charge in [0.15, 0.2) is 0 Å². The van der Waals surface area contributed by atoms with E-state index in [0.717, 1.165) is 33.5 Å². The number of benzene rings is 2. The van der Waals surface area contributed by atoms with Crippen molar-refractivity contribution in [3.63, 3.8) is 0 Å². The average Bonchev–Trinajstić information content (AvgIpc) is 3.65. The normalized spacial score (nSPS) is 20.4. The SMILES string of the molecule is Cc1c2c(nn1C)CN(S(C)(=O)=O)Cc1cc(n(C)n1)CSc1cc(c3ccc(F)cc3c1)OCCCC1=C(C(=O)O)N(C)[C@H]3C2=C(Cl)C=CC13. The number of carbonyl (C=O) groups is 1. The Bertz CT molecular complexity index is 2300. The number of carboxylic acid groups (broad SMARTS) is 1. The first-order valence-corrected chi connectivity index (χ1v) is 19.7. The van der Waals surface area contributed by atoms with Gasteiger partial charge in [0.05, 0.1) is 43.4 Å². The van der Waals surface area contributed by atoms with Crippen molar-refractivity contribution in [3.05, 3.63) is 99.0 Å². The van der Waals surface area contributed by atoms with E-state index in [1.165, 1.54) is 28.2 Å². The van der Waals surface area contributed by atoms with Crippen LogP contribution in [0.25, 0.3) is 16.3 Å². The Kier molecular flexibility index (Phi) is 9.32. The van der Waals surface area contributed by atoms with Crippen molar-refractivity contribution >= 4 is 55.7 Å². The lowest BCUT2D eigenvalue weighted by Gasteiger charge is -2.33. The number of nitrogens with zero attached hydrogens (tertiary/aromatic N) is 6. The second kappa shape index (κ2) is 13.5. The molecule has 15 heteroatoms. The summed E-state index contributed by atoms with van der Waals surface area (Å²) in [6, 6.07) is 9.88. The maximum absolute atomic E-state index is 14.4. The molecule has 11 nitrogen and oxygen atoms in total. The molecule has 0 saturated heterocycles. The Morgan fingerprint density at radius 1 is 1.10 bits per heavy atom. The summed E-state index contributed by atoms with van der Waals surface area (Å²) in [5, 5.41) is 21.8. The number of rotatable bonds is 2. The van der Waals surface area contributed by atoms with E-state index in [0.29, 0.717) is 63.9 Å². The van der Waals surface area contributed by atoms with Gasteiger partial charge in [-0.1, -0.05) is 17.7 Å². The van der Waals surface area contributed by atoms with Gasteiger partial charge >= 0.3 is 5.97 Å². The lowest BCUT2D eigenvalue weighted by atomic mass is 9.80. The average molecular weight is 753 g/mol. The van der Waals surface area contributed by atoms with E-state index < -0.39 is 22.0 Å². The molecular formula is C36H38ClFN6O5S2. The summed E-state index contributed by atoms with van der Waals surface area (Å²) in [7, 11) is 1.63. The van der Waals surface area contributed by atoms with Gasteiger partial charge in [0.1, 0.15) is 17.3 Å². The highest BCUT2D eigenvalue weighted by Crippen LogP contribution is 2.48. The van der Waals surface area contributed by atoms with Crippen LogP contribution in [0, 0.1) is 18.7 Å². The van der Waals surface area contributed by atoms with Gasteiger partial charge in [-0.3, -0.25) is 9.36 Å². The van der Waals surface area contributed by atoms with Gasteiger partial charge in [0.2, 0.25) is 10.0 Å². The zero-order valence-corrected chi connectivity index (χ0v) is 31.2. The largest absolute Gasteiger partial charge is 0.493 e. The van der Waals surface area contributed by atoms with Crippen molar-refractivity contribution in [2.45, 2.75) is 49.5 Å². The van der Waals surface area contributed by atoms with Gasteiger partial charge in [-0.2, -0.15) is 14.5 Å². The molecule has 2 aromatic heterocycles. The van der Waals surface area contributed by atoms with E-state index in [4.69, 9.17) is 21.4 Å². The number of sulfonamides is 1. The summed E-state index contributed by atoms with van der Waals surface area (Å²) in [6.07, 6.45) is 5.90. The Morgan fingerprint density at radius 2 is 1.88 bits per heavy atom. The molecule has 0 spiro atoms. The van der Waals surface area contributed by atoms with Crippen LogP contribution in [0.15, 0.2) is 69.7 Å². The van der Waals surface area contributed by atoms with Crippen molar-refractivity contribution < 1.29 is 27.4 Å². The van der Waals surface area contributed by atoms with Crippen molar-refractivity contribution in [3.8, 4) is 5.75 Å². The third kappa shape index (κ3) is 6.58. The first-order valence-electron chi connectivity index (χ1n) is 16.5. The van der Waals surface area contributed by atoms with E-state index in [9.17, 15) is 22.7 Å². The third-order valence-electron chi connectivity index (χ3n) is 9.94. The fourth-order valence-electron chi connectivity index (χ4n) is 7.45. The fraction of sp³-hybridized carbons (Fsp3) is 0.361. The molecule has 2 aromatic carbocycles. The van der Waals surface area contributed by atoms with Crippen LogP contribution in [0.5, 0.6) is 5.75 Å². The summed E-state index contributed by atoms with van der Waals surface area (Å²) in [4.78, 5) is 15.5. The van der Waals surface area contributed by atoms with Crippen LogP contribution < -0.4 is 4.74 Å². The molecular weight excluding hydrogens is 715 g/mol. The third-order valence-corrected chi connectivity index (χ3v) is 12.5. The lowest BCUT2D eigenvalue weighted by molar-refractivity contribution is -0.134. The van der Waals surface area contributed by atoms with Crippen LogP contribution in [0.2, 0.25) is 0 Å². The van der Waals surface area contributed by atoms with Crippen LogP contribution in [-0.2, 0) is 47.8 Å². The number of hydrogen-bond acceptors (Lipinski definition) is 8. The molecule has 268 valence electrons. The van der Waals surface area contributed by atoms with E-state index in [1.54, 1.807) is 40.5 Å². The molecule has 3 aliphatic rings. The summed E-state index contributed by atoms with van der Waals surface area (Å²) >= 11 is 8.54. The lowest BCUT2D eigenvalue weighted by Crippen LogP contribution is -2.35. The molecule has 51 heavy (non-hydrogen) atoms. The first kappa shape index (κ1) is 35.3. The predicted octanol–water partition coefficient (Wildman–Crippen LogP) is 5.97. The molecule has 2 aliphatic heterocycles. The summed E-state index contributed by atoms with van der Waals surface area (Å²) in [6.45, 7) is 2.17. The number of hydrogen-bond donors (Lipinski definition) is 1. The molecule has 4 aromatic rings. The molecule has 0 saturated carbocycles. The maximum atomic E-state index is 14.4. The zero-order valence-electron chi connectivity index (χ0n) is 28.9. The number of likely N-dealkylation sites (N-methyl/N-ethyl adjacent to an activating group) is 1. The number of carboxylic acids is 1. The Labute approximate surface area is 305 Å². The number of halogens is 2. The van der Waals surface area contributed by atoms with E-state index in [-0.39, 0.29) is 30.5 Å². The molecule has 1 aliphatic carbocycles. The summed E-state index contributed by atoms with van der Waals surface area (Å²) < 4.78 is 52.1. The topological polar surface area (TPSA) is 123 Å². The molecule has 1 N–H and O–H groups in total. The van der Waals surface area contributed by atoms with Gasteiger partial charge in [-0.25, -0.2) is 17.6 Å². The van der Waals surface area contributed by atoms with Gasteiger partial charge in [0, 0.05) is 70.7 Å². The standard InChI is InChI=1S/C36H38ClFN6O5S2/c1-20-32-30(40-42(20)3)18-44(51(5,47)48)17-23-15-24(43(4)39-23)19-50-25-14-21-13-22(38)8-9-26(21)31(16-25)49-12-6-7-27-28-10-11-29(37)33(32)34(28)41(2)35(27)36(45)46/h8-11,13-16,28,34H,6-7,12,17-19H2,1-5H3,(H,45,46)/t28?,34-/m1/s1. The molecule has 7 rings (SSSR count). The van der Waals surface area contributed by atoms with Crippen molar-refractivity contribution in [2.24, 2.45) is 20.0 Å². The minimum atomic E-state index is -3.75. The number of ether oxygens (including phenoxy) is 1. The predicted molar refractivity (Wildman–Crippen MR) is 195 cm³/mol. The zero-order chi connectivity index (χ0) is 36.4. The second-order valence-electron chi connectivity index (χ2n) is 13.2. The molecule has 1 unspecified atom stereocenters. The molecule has 0 fully saturated rings. The molecule has 8 bridgehead atoms. The van der Waals surface area contributed by atoms with Gasteiger partial charge in [-0.05, 0) is 73.2 Å². The van der Waals surface area contributed by atoms with E-state index in [2.05, 4.69) is 5.10 Å². The molecule has 0 amide bonds. The molecule has 0 radical (unpaired) electrons. The van der Waals surface area contributed by atoms with Gasteiger partial charge in [0.25, 0.3) is 0 Å². The van der Waals surface area contributed by atoms with Crippen LogP contribution in [0.1, 0.15) is 41.2 Å². The number of aliphatic carboxylic acids is 1. The smallest absolute Gasteiger partial charge is 0.352 e. The summed E-state index contributed by atoms with van der Waals surface area (Å²) in [5.41, 5.74) is 5.08. The molecule has 2 atom stereocenters. The van der Waals surface area contributed by atoms with Crippen molar-refractivity contribution in [1.29, 1.82) is 0 Å². The number of aryl methyl sites for hydroxylation is 2. The number of allylic oxidation sites excluding steroid dienone is 2. The molecule has 4 heterocycles. The quantitative estimate of drug-likeness (QED) is 0.264. The van der Waals surface area contributed by atoms with Crippen LogP contribution >= 0.6 is 23.4 Å². The monoisotopic (exact) mass is 752 g/mol. The Morgan fingerprint density at radius 3 is 2.63 bits per heavy atom. The van der Waals surface area contributed by atoms with Crippen LogP contribution in [0.3, 0.4) is 0 Å². The highest BCUT2D eigenvalue weighted by Gasteiger charge is 2.45. The Balaban J connectivity index is 1.35.